The molecule has 24 heavy (non-hydrogen) atoms. The van der Waals surface area contributed by atoms with Crippen LogP contribution in [-0.4, -0.2) is 30.6 Å². The highest BCUT2D eigenvalue weighted by Gasteiger charge is 2.30. The van der Waals surface area contributed by atoms with E-state index in [-0.39, 0.29) is 16.5 Å². The summed E-state index contributed by atoms with van der Waals surface area (Å²) in [5, 5.41) is 2.61. The minimum Gasteiger partial charge on any atom is -0.382 e. The number of hydrogen-bond acceptors (Lipinski definition) is 3. The van der Waals surface area contributed by atoms with Gasteiger partial charge in [0.1, 0.15) is 5.56 Å². The van der Waals surface area contributed by atoms with Crippen LogP contribution >= 0.6 is 0 Å². The molecule has 5 nitrogen and oxygen atoms in total. The average molecular weight is 342 g/mol. The maximum absolute atomic E-state index is 12.7. The molecule has 0 aliphatic rings. The van der Waals surface area contributed by atoms with E-state index in [9.17, 15) is 22.8 Å². The topological polar surface area (TPSA) is 71.2 Å². The minimum absolute atomic E-state index is 0.0303. The number of halogens is 3. The number of amides is 1. The van der Waals surface area contributed by atoms with E-state index in [1.165, 1.54) is 0 Å². The van der Waals surface area contributed by atoms with Crippen molar-refractivity contribution in [1.82, 2.24) is 10.3 Å². The molecule has 130 valence electrons. The van der Waals surface area contributed by atoms with Gasteiger partial charge in [0.15, 0.2) is 0 Å². The molecule has 2 N–H and O–H groups in total. The number of nitrogens with one attached hydrogen (secondary N) is 2. The Balaban J connectivity index is 2.19. The van der Waals surface area contributed by atoms with Gasteiger partial charge in [0.25, 0.3) is 5.91 Å². The van der Waals surface area contributed by atoms with Gasteiger partial charge in [-0.05, 0) is 31.5 Å². The number of alkyl halides is 3. The minimum atomic E-state index is -4.50. The molecule has 1 aromatic carbocycles. The lowest BCUT2D eigenvalue weighted by Crippen LogP contribution is -2.30. The van der Waals surface area contributed by atoms with Crippen LogP contribution < -0.4 is 10.7 Å². The number of carbonyl (C=O) groups excluding carboxylic acids is 1. The molecule has 0 atom stereocenters. The van der Waals surface area contributed by atoms with E-state index in [0.29, 0.717) is 26.2 Å². The lowest BCUT2D eigenvalue weighted by Gasteiger charge is -2.09. The van der Waals surface area contributed by atoms with Gasteiger partial charge in [-0.1, -0.05) is 0 Å². The summed E-state index contributed by atoms with van der Waals surface area (Å²) >= 11 is 0. The number of ether oxygens (including phenoxy) is 1. The lowest BCUT2D eigenvalue weighted by atomic mass is 10.1. The van der Waals surface area contributed by atoms with Crippen LogP contribution in [0.25, 0.3) is 10.9 Å². The van der Waals surface area contributed by atoms with Crippen LogP contribution in [-0.2, 0) is 10.9 Å². The van der Waals surface area contributed by atoms with Crippen molar-refractivity contribution >= 4 is 16.8 Å². The van der Waals surface area contributed by atoms with E-state index >= 15 is 0 Å². The molecule has 0 aliphatic carbocycles. The molecule has 0 saturated heterocycles. The lowest BCUT2D eigenvalue weighted by molar-refractivity contribution is -0.137. The molecule has 0 saturated carbocycles. The van der Waals surface area contributed by atoms with E-state index in [1.807, 2.05) is 6.92 Å². The summed E-state index contributed by atoms with van der Waals surface area (Å²) in [6.45, 7) is 3.27. The molecule has 2 rings (SSSR count). The number of fused-ring (bicyclic) bond motifs is 1. The zero-order valence-corrected chi connectivity index (χ0v) is 13.0. The first-order valence-electron chi connectivity index (χ1n) is 7.43. The molecule has 8 heteroatoms. The zero-order valence-electron chi connectivity index (χ0n) is 13.0. The Morgan fingerprint density at radius 3 is 2.75 bits per heavy atom. The van der Waals surface area contributed by atoms with Gasteiger partial charge >= 0.3 is 6.18 Å². The Morgan fingerprint density at radius 1 is 1.33 bits per heavy atom. The van der Waals surface area contributed by atoms with Crippen LogP contribution in [0.3, 0.4) is 0 Å². The Morgan fingerprint density at radius 2 is 2.08 bits per heavy atom. The normalized spacial score (nSPS) is 11.7. The monoisotopic (exact) mass is 342 g/mol. The summed E-state index contributed by atoms with van der Waals surface area (Å²) in [7, 11) is 0. The Bertz CT molecular complexity index is 784. The molecule has 0 aliphatic heterocycles. The van der Waals surface area contributed by atoms with Crippen LogP contribution in [0, 0.1) is 0 Å². The van der Waals surface area contributed by atoms with Gasteiger partial charge in [0, 0.05) is 36.9 Å². The number of pyridine rings is 1. The maximum atomic E-state index is 12.7. The molecular formula is C16H17F3N2O3. The Labute approximate surface area is 135 Å². The van der Waals surface area contributed by atoms with Crippen LogP contribution in [0.5, 0.6) is 0 Å². The van der Waals surface area contributed by atoms with Crippen molar-refractivity contribution in [2.75, 3.05) is 19.8 Å². The van der Waals surface area contributed by atoms with E-state index in [4.69, 9.17) is 4.74 Å². The number of hydrogen-bond donors (Lipinski definition) is 2. The largest absolute Gasteiger partial charge is 0.416 e. The van der Waals surface area contributed by atoms with Crippen molar-refractivity contribution in [2.45, 2.75) is 19.5 Å². The number of aromatic amines is 1. The quantitative estimate of drug-likeness (QED) is 0.793. The predicted octanol–water partition coefficient (Wildman–Crippen LogP) is 2.70. The maximum Gasteiger partial charge on any atom is 0.416 e. The Kier molecular flexibility index (Phi) is 5.61. The summed E-state index contributed by atoms with van der Waals surface area (Å²) in [5.41, 5.74) is -1.58. The fourth-order valence-electron chi connectivity index (χ4n) is 2.18. The standard InChI is InChI=1S/C16H17F3N2O3/c1-2-24-7-3-6-20-15(23)12-9-21-13-8-10(16(17,18)19)4-5-11(13)14(12)22/h4-5,8-9H,2-3,6-7H2,1H3,(H,20,23)(H,21,22). The van der Waals surface area contributed by atoms with E-state index < -0.39 is 23.1 Å². The molecular weight excluding hydrogens is 325 g/mol. The van der Waals surface area contributed by atoms with Gasteiger partial charge < -0.3 is 15.0 Å². The highest BCUT2D eigenvalue weighted by Crippen LogP contribution is 2.30. The van der Waals surface area contributed by atoms with Crippen molar-refractivity contribution in [2.24, 2.45) is 0 Å². The fourth-order valence-corrected chi connectivity index (χ4v) is 2.18. The van der Waals surface area contributed by atoms with Gasteiger partial charge in [-0.3, -0.25) is 9.59 Å². The van der Waals surface area contributed by atoms with E-state index in [2.05, 4.69) is 10.3 Å². The molecule has 1 amide bonds. The molecule has 1 aromatic heterocycles. The first-order valence-corrected chi connectivity index (χ1v) is 7.43. The summed E-state index contributed by atoms with van der Waals surface area (Å²) < 4.78 is 43.2. The number of H-pyrrole nitrogens is 1. The highest BCUT2D eigenvalue weighted by molar-refractivity contribution is 5.97. The van der Waals surface area contributed by atoms with Gasteiger partial charge in [0.05, 0.1) is 5.56 Å². The third-order valence-corrected chi connectivity index (χ3v) is 3.41. The first-order chi connectivity index (χ1) is 11.3. The highest BCUT2D eigenvalue weighted by atomic mass is 19.4. The van der Waals surface area contributed by atoms with Crippen LogP contribution in [0.2, 0.25) is 0 Å². The van der Waals surface area contributed by atoms with Crippen LogP contribution in [0.4, 0.5) is 13.2 Å². The van der Waals surface area contributed by atoms with E-state index in [1.54, 1.807) is 0 Å². The van der Waals surface area contributed by atoms with Gasteiger partial charge in [0.2, 0.25) is 5.43 Å². The zero-order chi connectivity index (χ0) is 17.7. The molecule has 2 aromatic rings. The second kappa shape index (κ2) is 7.48. The second-order valence-corrected chi connectivity index (χ2v) is 5.10. The molecule has 0 radical (unpaired) electrons. The molecule has 0 fully saturated rings. The summed E-state index contributed by atoms with van der Waals surface area (Å²) in [5.74, 6) is -0.574. The number of carbonyl (C=O) groups is 1. The van der Waals surface area contributed by atoms with Crippen LogP contribution in [0.15, 0.2) is 29.2 Å². The Hall–Kier alpha value is -2.35. The molecule has 1 heterocycles. The molecule has 0 unspecified atom stereocenters. The summed E-state index contributed by atoms with van der Waals surface area (Å²) in [6.07, 6.45) is -2.77. The third-order valence-electron chi connectivity index (χ3n) is 3.41. The summed E-state index contributed by atoms with van der Waals surface area (Å²) in [4.78, 5) is 26.9. The average Bonchev–Trinajstić information content (AvgIpc) is 2.53. The van der Waals surface area contributed by atoms with Crippen molar-refractivity contribution in [3.8, 4) is 0 Å². The second-order valence-electron chi connectivity index (χ2n) is 5.10. The number of aromatic nitrogens is 1. The predicted molar refractivity (Wildman–Crippen MR) is 83.0 cm³/mol. The molecule has 0 spiro atoms. The number of rotatable bonds is 6. The van der Waals surface area contributed by atoms with Crippen molar-refractivity contribution in [3.05, 3.63) is 45.7 Å². The van der Waals surface area contributed by atoms with Gasteiger partial charge in [-0.15, -0.1) is 0 Å². The molecule has 0 bridgehead atoms. The smallest absolute Gasteiger partial charge is 0.382 e. The third kappa shape index (κ3) is 4.14. The SMILES string of the molecule is CCOCCCNC(=O)c1c[nH]c2cc(C(F)(F)F)ccc2c1=O. The first kappa shape index (κ1) is 18.0. The van der Waals surface area contributed by atoms with Crippen molar-refractivity contribution in [1.29, 1.82) is 0 Å². The van der Waals surface area contributed by atoms with Crippen molar-refractivity contribution < 1.29 is 22.7 Å². The van der Waals surface area contributed by atoms with E-state index in [0.717, 1.165) is 24.4 Å². The van der Waals surface area contributed by atoms with Crippen molar-refractivity contribution in [3.63, 3.8) is 0 Å². The number of benzene rings is 1. The summed E-state index contributed by atoms with van der Waals surface area (Å²) in [6, 6.07) is 2.74. The van der Waals surface area contributed by atoms with Gasteiger partial charge in [-0.25, -0.2) is 0 Å². The van der Waals surface area contributed by atoms with Crippen LogP contribution in [0.1, 0.15) is 29.3 Å². The van der Waals surface area contributed by atoms with Gasteiger partial charge in [-0.2, -0.15) is 13.2 Å². The fraction of sp³-hybridized carbons (Fsp3) is 0.375.